The minimum Gasteiger partial charge on any atom is -0.355 e. The van der Waals surface area contributed by atoms with Crippen LogP contribution in [0.2, 0.25) is 0 Å². The highest BCUT2D eigenvalue weighted by atomic mass is 16.1. The Labute approximate surface area is 96.2 Å². The Morgan fingerprint density at radius 3 is 2.94 bits per heavy atom. The molecule has 16 heavy (non-hydrogen) atoms. The molecule has 0 aliphatic rings. The van der Waals surface area contributed by atoms with Crippen molar-refractivity contribution in [2.45, 2.75) is 26.3 Å². The summed E-state index contributed by atoms with van der Waals surface area (Å²) in [5.41, 5.74) is 1.09. The van der Waals surface area contributed by atoms with E-state index in [0.29, 0.717) is 6.54 Å². The van der Waals surface area contributed by atoms with Gasteiger partial charge < -0.3 is 10.6 Å². The zero-order valence-corrected chi connectivity index (χ0v) is 10.2. The summed E-state index contributed by atoms with van der Waals surface area (Å²) >= 11 is 0. The average molecular weight is 224 g/mol. The van der Waals surface area contributed by atoms with Gasteiger partial charge in [0.05, 0.1) is 12.7 Å². The maximum Gasteiger partial charge on any atom is 0.233 e. The van der Waals surface area contributed by atoms with Crippen LogP contribution in [0, 0.1) is 0 Å². The number of amides is 1. The van der Waals surface area contributed by atoms with Crippen molar-refractivity contribution in [2.24, 2.45) is 7.05 Å². The van der Waals surface area contributed by atoms with E-state index >= 15 is 0 Å². The summed E-state index contributed by atoms with van der Waals surface area (Å²) in [4.78, 5) is 11.3. The molecule has 1 aromatic heterocycles. The van der Waals surface area contributed by atoms with Crippen LogP contribution in [-0.4, -0.2) is 28.8 Å². The van der Waals surface area contributed by atoms with E-state index in [1.165, 1.54) is 0 Å². The van der Waals surface area contributed by atoms with Gasteiger partial charge in [-0.2, -0.15) is 5.10 Å². The van der Waals surface area contributed by atoms with E-state index in [0.717, 1.165) is 18.5 Å². The molecule has 1 unspecified atom stereocenters. The van der Waals surface area contributed by atoms with Crippen LogP contribution >= 0.6 is 0 Å². The van der Waals surface area contributed by atoms with E-state index in [4.69, 9.17) is 0 Å². The summed E-state index contributed by atoms with van der Waals surface area (Å²) < 4.78 is 1.75. The second kappa shape index (κ2) is 6.27. The molecule has 1 atom stereocenters. The molecule has 0 fully saturated rings. The third-order valence-corrected chi connectivity index (χ3v) is 2.37. The minimum atomic E-state index is 0.0394. The number of aryl methyl sites for hydroxylation is 1. The number of hydrogen-bond acceptors (Lipinski definition) is 3. The first-order chi connectivity index (χ1) is 7.63. The third kappa shape index (κ3) is 4.02. The molecule has 5 heteroatoms. The predicted octanol–water partition coefficient (Wildman–Crippen LogP) is 0.597. The van der Waals surface area contributed by atoms with Gasteiger partial charge in [0, 0.05) is 31.4 Å². The van der Waals surface area contributed by atoms with Crippen LogP contribution in [0.15, 0.2) is 12.4 Å². The fourth-order valence-electron chi connectivity index (χ4n) is 1.35. The quantitative estimate of drug-likeness (QED) is 0.744. The lowest BCUT2D eigenvalue weighted by Gasteiger charge is -2.11. The molecule has 0 saturated heterocycles. The largest absolute Gasteiger partial charge is 0.355 e. The molecule has 0 aliphatic carbocycles. The lowest BCUT2D eigenvalue weighted by atomic mass is 10.2. The predicted molar refractivity (Wildman–Crippen MR) is 62.9 cm³/mol. The first-order valence-corrected chi connectivity index (χ1v) is 5.62. The fraction of sp³-hybridized carbons (Fsp3) is 0.636. The van der Waals surface area contributed by atoms with Crippen LogP contribution in [-0.2, 0) is 11.8 Å². The molecule has 0 spiro atoms. The summed E-state index contributed by atoms with van der Waals surface area (Å²) in [6.07, 6.45) is 4.72. The van der Waals surface area contributed by atoms with Crippen molar-refractivity contribution in [1.29, 1.82) is 0 Å². The van der Waals surface area contributed by atoms with Gasteiger partial charge in [0.2, 0.25) is 5.91 Å². The molecule has 2 N–H and O–H groups in total. The summed E-state index contributed by atoms with van der Waals surface area (Å²) in [5.74, 6) is 0.0394. The van der Waals surface area contributed by atoms with Crippen LogP contribution in [0.1, 0.15) is 31.9 Å². The highest BCUT2D eigenvalue weighted by molar-refractivity contribution is 5.77. The first kappa shape index (κ1) is 12.7. The van der Waals surface area contributed by atoms with E-state index in [-0.39, 0.29) is 11.9 Å². The van der Waals surface area contributed by atoms with E-state index < -0.39 is 0 Å². The van der Waals surface area contributed by atoms with Gasteiger partial charge in [0.15, 0.2) is 0 Å². The van der Waals surface area contributed by atoms with Gasteiger partial charge in [-0.25, -0.2) is 0 Å². The maximum absolute atomic E-state index is 11.3. The van der Waals surface area contributed by atoms with Crippen molar-refractivity contribution in [3.63, 3.8) is 0 Å². The summed E-state index contributed by atoms with van der Waals surface area (Å²) in [7, 11) is 1.88. The second-order valence-corrected chi connectivity index (χ2v) is 3.90. The molecule has 90 valence electrons. The second-order valence-electron chi connectivity index (χ2n) is 3.90. The van der Waals surface area contributed by atoms with Gasteiger partial charge in [-0.05, 0) is 13.3 Å². The first-order valence-electron chi connectivity index (χ1n) is 5.62. The van der Waals surface area contributed by atoms with Gasteiger partial charge in [0.25, 0.3) is 0 Å². The lowest BCUT2D eigenvalue weighted by molar-refractivity contribution is -0.120. The number of rotatable bonds is 6. The average Bonchev–Trinajstić information content (AvgIpc) is 2.69. The number of aromatic nitrogens is 2. The van der Waals surface area contributed by atoms with E-state index in [2.05, 4.69) is 15.7 Å². The van der Waals surface area contributed by atoms with Crippen molar-refractivity contribution < 1.29 is 4.79 Å². The Morgan fingerprint density at radius 1 is 1.62 bits per heavy atom. The molecule has 1 aromatic rings. The molecule has 0 aromatic carbocycles. The highest BCUT2D eigenvalue weighted by Gasteiger charge is 2.08. The maximum atomic E-state index is 11.3. The topological polar surface area (TPSA) is 59.0 Å². The Morgan fingerprint density at radius 2 is 2.38 bits per heavy atom. The summed E-state index contributed by atoms with van der Waals surface area (Å²) in [6, 6.07) is 0.140. The normalized spacial score (nSPS) is 12.4. The molecule has 0 radical (unpaired) electrons. The molecule has 5 nitrogen and oxygen atoms in total. The van der Waals surface area contributed by atoms with E-state index in [1.807, 2.05) is 33.3 Å². The highest BCUT2D eigenvalue weighted by Crippen LogP contribution is 2.09. The smallest absolute Gasteiger partial charge is 0.233 e. The molecule has 0 bridgehead atoms. The standard InChI is InChI=1S/C11H20N4O/c1-4-5-12-11(16)7-13-9(2)10-6-14-15(3)8-10/h6,8-9,13H,4-5,7H2,1-3H3,(H,12,16). The minimum absolute atomic E-state index is 0.0394. The zero-order chi connectivity index (χ0) is 12.0. The zero-order valence-electron chi connectivity index (χ0n) is 10.2. The molecule has 1 rings (SSSR count). The van der Waals surface area contributed by atoms with Crippen molar-refractivity contribution in [3.05, 3.63) is 18.0 Å². The Hall–Kier alpha value is -1.36. The van der Waals surface area contributed by atoms with Gasteiger partial charge in [-0.3, -0.25) is 9.48 Å². The van der Waals surface area contributed by atoms with Gasteiger partial charge in [0.1, 0.15) is 0 Å². The summed E-state index contributed by atoms with van der Waals surface area (Å²) in [5, 5.41) is 10.1. The number of hydrogen-bond donors (Lipinski definition) is 2. The van der Waals surface area contributed by atoms with E-state index in [1.54, 1.807) is 4.68 Å². The van der Waals surface area contributed by atoms with Crippen molar-refractivity contribution in [1.82, 2.24) is 20.4 Å². The van der Waals surface area contributed by atoms with Gasteiger partial charge in [-0.15, -0.1) is 0 Å². The molecule has 1 amide bonds. The van der Waals surface area contributed by atoms with Crippen molar-refractivity contribution in [2.75, 3.05) is 13.1 Å². The number of carbonyl (C=O) groups is 1. The Balaban J connectivity index is 2.29. The number of carbonyl (C=O) groups excluding carboxylic acids is 1. The third-order valence-electron chi connectivity index (χ3n) is 2.37. The van der Waals surface area contributed by atoms with Gasteiger partial charge >= 0.3 is 0 Å². The SMILES string of the molecule is CCCNC(=O)CNC(C)c1cnn(C)c1. The summed E-state index contributed by atoms with van der Waals surface area (Å²) in [6.45, 7) is 5.13. The molecular weight excluding hydrogens is 204 g/mol. The van der Waals surface area contributed by atoms with E-state index in [9.17, 15) is 4.79 Å². The monoisotopic (exact) mass is 224 g/mol. The molecule has 0 saturated carbocycles. The molecule has 1 heterocycles. The van der Waals surface area contributed by atoms with Crippen LogP contribution in [0.25, 0.3) is 0 Å². The number of nitrogens with one attached hydrogen (secondary N) is 2. The van der Waals surface area contributed by atoms with Crippen LogP contribution in [0.3, 0.4) is 0 Å². The van der Waals surface area contributed by atoms with Gasteiger partial charge in [-0.1, -0.05) is 6.92 Å². The van der Waals surface area contributed by atoms with Crippen molar-refractivity contribution in [3.8, 4) is 0 Å². The Kier molecular flexibility index (Phi) is 4.98. The lowest BCUT2D eigenvalue weighted by Crippen LogP contribution is -2.35. The molecule has 0 aliphatic heterocycles. The van der Waals surface area contributed by atoms with Crippen LogP contribution < -0.4 is 10.6 Å². The van der Waals surface area contributed by atoms with Crippen molar-refractivity contribution >= 4 is 5.91 Å². The number of nitrogens with zero attached hydrogens (tertiary/aromatic N) is 2. The molecular formula is C11H20N4O. The van der Waals surface area contributed by atoms with Crippen LogP contribution in [0.4, 0.5) is 0 Å². The fourth-order valence-corrected chi connectivity index (χ4v) is 1.35. The Bertz CT molecular complexity index is 334. The van der Waals surface area contributed by atoms with Crippen LogP contribution in [0.5, 0.6) is 0 Å².